The number of carbonyl (C=O) groups is 1. The van der Waals surface area contributed by atoms with Crippen molar-refractivity contribution in [3.05, 3.63) is 30.3 Å². The molecule has 0 spiro atoms. The van der Waals surface area contributed by atoms with Gasteiger partial charge in [0.25, 0.3) is 0 Å². The molecule has 1 aromatic carbocycles. The molecule has 1 aromatic rings. The van der Waals surface area contributed by atoms with E-state index in [1.807, 2.05) is 0 Å². The highest BCUT2D eigenvalue weighted by molar-refractivity contribution is 7.89. The lowest BCUT2D eigenvalue weighted by molar-refractivity contribution is -0.146. The topological polar surface area (TPSA) is 101 Å². The Morgan fingerprint density at radius 2 is 1.74 bits per heavy atom. The van der Waals surface area contributed by atoms with Crippen LogP contribution < -0.4 is 0 Å². The lowest BCUT2D eigenvalue weighted by Gasteiger charge is -2.37. The van der Waals surface area contributed by atoms with Crippen molar-refractivity contribution in [2.45, 2.75) is 10.9 Å². The van der Waals surface area contributed by atoms with E-state index in [2.05, 4.69) is 4.74 Å². The zero-order chi connectivity index (χ0) is 17.3. The van der Waals surface area contributed by atoms with Gasteiger partial charge in [-0.15, -0.1) is 0 Å². The Balaban J connectivity index is 2.33. The lowest BCUT2D eigenvalue weighted by atomic mass is 10.2. The second kappa shape index (κ2) is 6.56. The molecule has 1 aliphatic heterocycles. The number of methoxy groups -OCH3 is 1. The van der Waals surface area contributed by atoms with Gasteiger partial charge in [0, 0.05) is 19.6 Å². The number of carbonyl (C=O) groups excluding carboxylic acids is 1. The molecule has 0 aromatic heterocycles. The van der Waals surface area contributed by atoms with E-state index in [1.165, 1.54) is 12.1 Å². The van der Waals surface area contributed by atoms with Crippen LogP contribution in [0.2, 0.25) is 0 Å². The van der Waals surface area contributed by atoms with Gasteiger partial charge in [-0.1, -0.05) is 18.2 Å². The van der Waals surface area contributed by atoms with Crippen molar-refractivity contribution < 1.29 is 26.4 Å². The molecule has 0 amide bonds. The molecule has 128 valence electrons. The van der Waals surface area contributed by atoms with Crippen LogP contribution in [0.3, 0.4) is 0 Å². The van der Waals surface area contributed by atoms with Crippen LogP contribution in [0.1, 0.15) is 0 Å². The van der Waals surface area contributed by atoms with Gasteiger partial charge in [-0.3, -0.25) is 4.79 Å². The zero-order valence-corrected chi connectivity index (χ0v) is 14.4. The van der Waals surface area contributed by atoms with E-state index in [0.29, 0.717) is 0 Å². The minimum Gasteiger partial charge on any atom is -0.468 e. The van der Waals surface area contributed by atoms with Crippen LogP contribution in [-0.4, -0.2) is 70.5 Å². The van der Waals surface area contributed by atoms with E-state index >= 15 is 0 Å². The Labute approximate surface area is 135 Å². The summed E-state index contributed by atoms with van der Waals surface area (Å²) in [5, 5.41) is 0. The fourth-order valence-corrected chi connectivity index (χ4v) is 4.91. The van der Waals surface area contributed by atoms with Crippen molar-refractivity contribution in [1.29, 1.82) is 0 Å². The van der Waals surface area contributed by atoms with E-state index < -0.39 is 32.1 Å². The van der Waals surface area contributed by atoms with E-state index in [-0.39, 0.29) is 24.5 Å². The van der Waals surface area contributed by atoms with Crippen molar-refractivity contribution in [3.8, 4) is 0 Å². The summed E-state index contributed by atoms with van der Waals surface area (Å²) in [5.41, 5.74) is 0. The molecule has 2 rings (SSSR count). The third-order valence-corrected chi connectivity index (χ3v) is 6.74. The van der Waals surface area contributed by atoms with Gasteiger partial charge < -0.3 is 4.74 Å². The van der Waals surface area contributed by atoms with Crippen LogP contribution in [0.25, 0.3) is 0 Å². The summed E-state index contributed by atoms with van der Waals surface area (Å²) < 4.78 is 55.5. The molecule has 1 heterocycles. The predicted octanol–water partition coefficient (Wildman–Crippen LogP) is -0.506. The molecular weight excluding hydrogens is 344 g/mol. The molecule has 23 heavy (non-hydrogen) atoms. The quantitative estimate of drug-likeness (QED) is 0.669. The summed E-state index contributed by atoms with van der Waals surface area (Å²) in [6.07, 6.45) is 0.976. The van der Waals surface area contributed by atoms with E-state index in [0.717, 1.165) is 22.0 Å². The highest BCUT2D eigenvalue weighted by Crippen LogP contribution is 2.22. The van der Waals surface area contributed by atoms with Crippen LogP contribution >= 0.6 is 0 Å². The molecule has 0 saturated carbocycles. The summed E-state index contributed by atoms with van der Waals surface area (Å²) in [5.74, 6) is -0.789. The highest BCUT2D eigenvalue weighted by Gasteiger charge is 2.42. The second-order valence-corrected chi connectivity index (χ2v) is 8.96. The zero-order valence-electron chi connectivity index (χ0n) is 12.7. The third kappa shape index (κ3) is 3.71. The lowest BCUT2D eigenvalue weighted by Crippen LogP contribution is -2.59. The van der Waals surface area contributed by atoms with Crippen LogP contribution in [-0.2, 0) is 29.6 Å². The Hall–Kier alpha value is -1.49. The van der Waals surface area contributed by atoms with Gasteiger partial charge in [0.2, 0.25) is 20.0 Å². The molecule has 0 bridgehead atoms. The fraction of sp³-hybridized carbons (Fsp3) is 0.462. The number of benzene rings is 1. The second-order valence-electron chi connectivity index (χ2n) is 5.09. The van der Waals surface area contributed by atoms with Gasteiger partial charge in [0.15, 0.2) is 0 Å². The van der Waals surface area contributed by atoms with Crippen LogP contribution in [0.5, 0.6) is 0 Å². The van der Waals surface area contributed by atoms with E-state index in [4.69, 9.17) is 0 Å². The van der Waals surface area contributed by atoms with Crippen molar-refractivity contribution in [2.24, 2.45) is 0 Å². The highest BCUT2D eigenvalue weighted by atomic mass is 32.2. The first kappa shape index (κ1) is 17.9. The molecule has 0 radical (unpaired) electrons. The van der Waals surface area contributed by atoms with Crippen molar-refractivity contribution in [2.75, 3.05) is 33.0 Å². The molecular formula is C13H18N2O6S2. The van der Waals surface area contributed by atoms with Crippen molar-refractivity contribution >= 4 is 26.0 Å². The van der Waals surface area contributed by atoms with Gasteiger partial charge in [0.05, 0.1) is 18.3 Å². The van der Waals surface area contributed by atoms with Gasteiger partial charge in [-0.25, -0.2) is 16.8 Å². The van der Waals surface area contributed by atoms with Crippen LogP contribution in [0, 0.1) is 0 Å². The largest absolute Gasteiger partial charge is 0.468 e. The Morgan fingerprint density at radius 3 is 2.26 bits per heavy atom. The molecule has 10 heteroatoms. The molecule has 8 nitrogen and oxygen atoms in total. The number of piperazine rings is 1. The Morgan fingerprint density at radius 1 is 1.13 bits per heavy atom. The molecule has 1 fully saturated rings. The summed E-state index contributed by atoms with van der Waals surface area (Å²) in [4.78, 5) is 12.0. The van der Waals surface area contributed by atoms with Gasteiger partial charge in [-0.2, -0.15) is 8.61 Å². The number of hydrogen-bond donors (Lipinski definition) is 0. The first-order valence-corrected chi connectivity index (χ1v) is 10.1. The SMILES string of the molecule is COC(=O)[C@H]1CN(S(=O)(=O)c2ccccc2)CCN1S(C)(=O)=O. The number of nitrogens with zero attached hydrogens (tertiary/aromatic N) is 2. The summed E-state index contributed by atoms with van der Waals surface area (Å²) in [6.45, 7) is -0.417. The normalized spacial score (nSPS) is 21.0. The minimum atomic E-state index is -3.80. The van der Waals surface area contributed by atoms with Gasteiger partial charge in [-0.05, 0) is 12.1 Å². The maximum atomic E-state index is 12.6. The number of rotatable bonds is 4. The van der Waals surface area contributed by atoms with E-state index in [9.17, 15) is 21.6 Å². The van der Waals surface area contributed by atoms with Crippen LogP contribution in [0.15, 0.2) is 35.2 Å². The first-order chi connectivity index (χ1) is 10.7. The molecule has 0 aliphatic carbocycles. The molecule has 1 saturated heterocycles. The Bertz CT molecular complexity index is 776. The molecule has 0 unspecified atom stereocenters. The fourth-order valence-electron chi connectivity index (χ4n) is 2.43. The monoisotopic (exact) mass is 362 g/mol. The minimum absolute atomic E-state index is 0.0300. The Kier molecular flexibility index (Phi) is 5.09. The maximum absolute atomic E-state index is 12.6. The molecule has 1 atom stereocenters. The van der Waals surface area contributed by atoms with Gasteiger partial charge in [0.1, 0.15) is 6.04 Å². The first-order valence-electron chi connectivity index (χ1n) is 6.78. The number of sulfonamides is 2. The van der Waals surface area contributed by atoms with Crippen LogP contribution in [0.4, 0.5) is 0 Å². The predicted molar refractivity (Wildman–Crippen MR) is 82.6 cm³/mol. The van der Waals surface area contributed by atoms with E-state index in [1.54, 1.807) is 18.2 Å². The number of esters is 1. The smallest absolute Gasteiger partial charge is 0.325 e. The summed E-state index contributed by atoms with van der Waals surface area (Å²) in [6, 6.07) is 6.59. The molecule has 0 N–H and O–H groups in total. The average Bonchev–Trinajstić information content (AvgIpc) is 2.53. The standard InChI is InChI=1S/C13H18N2O6S2/c1-21-13(16)12-10-14(8-9-15(12)22(2,17)18)23(19,20)11-6-4-3-5-7-11/h3-7,12H,8-10H2,1-2H3/t12-/m1/s1. The van der Waals surface area contributed by atoms with Crippen molar-refractivity contribution in [1.82, 2.24) is 8.61 Å². The third-order valence-electron chi connectivity index (χ3n) is 3.57. The number of ether oxygens (including phenoxy) is 1. The molecule has 1 aliphatic rings. The summed E-state index contributed by atoms with van der Waals surface area (Å²) in [7, 11) is -6.32. The van der Waals surface area contributed by atoms with Gasteiger partial charge >= 0.3 is 5.97 Å². The summed E-state index contributed by atoms with van der Waals surface area (Å²) >= 11 is 0. The number of hydrogen-bond acceptors (Lipinski definition) is 6. The van der Waals surface area contributed by atoms with Crippen molar-refractivity contribution in [3.63, 3.8) is 0 Å². The average molecular weight is 362 g/mol. The maximum Gasteiger partial charge on any atom is 0.325 e.